The second kappa shape index (κ2) is 15.5. The van der Waals surface area contributed by atoms with E-state index in [9.17, 15) is 18.0 Å². The van der Waals surface area contributed by atoms with Crippen molar-refractivity contribution in [2.75, 3.05) is 38.7 Å². The predicted octanol–water partition coefficient (Wildman–Crippen LogP) is 4.89. The Bertz CT molecular complexity index is 1500. The fraction of sp³-hybridized carbons (Fsp3) is 0.355. The Morgan fingerprint density at radius 2 is 1.53 bits per heavy atom. The minimum atomic E-state index is -4.42. The number of carbonyl (C=O) groups is 2. The number of anilines is 1. The van der Waals surface area contributed by atoms with Gasteiger partial charge in [0.05, 0.1) is 31.9 Å². The summed E-state index contributed by atoms with van der Waals surface area (Å²) in [7, 11) is -0.192. The molecule has 3 aromatic carbocycles. The molecule has 0 aliphatic carbocycles. The third-order valence-corrected chi connectivity index (χ3v) is 8.75. The van der Waals surface area contributed by atoms with E-state index in [2.05, 4.69) is 5.32 Å². The summed E-state index contributed by atoms with van der Waals surface area (Å²) in [5.74, 6) is -0.195. The zero-order valence-corrected chi connectivity index (χ0v) is 26.6. The smallest absolute Gasteiger partial charge is 0.265 e. The van der Waals surface area contributed by atoms with Crippen LogP contribution in [0.4, 0.5) is 5.69 Å². The van der Waals surface area contributed by atoms with Crippen molar-refractivity contribution in [1.29, 1.82) is 0 Å². The maximum Gasteiger partial charge on any atom is 0.265 e. The van der Waals surface area contributed by atoms with Gasteiger partial charge in [-0.15, -0.1) is 0 Å². The monoisotopic (exact) mass is 631 g/mol. The van der Waals surface area contributed by atoms with Crippen molar-refractivity contribution in [1.82, 2.24) is 10.2 Å². The SMILES string of the molecule is CCCNC(=O)[C@H](CC)N(Cc1ccccc1)C(=O)CN(c1cc(Cl)ccc1OC)S(=O)(=O)c1ccc(OC)c(OC)c1. The van der Waals surface area contributed by atoms with Crippen LogP contribution in [0.25, 0.3) is 0 Å². The highest BCUT2D eigenvalue weighted by Crippen LogP contribution is 2.37. The van der Waals surface area contributed by atoms with Gasteiger partial charge in [0.15, 0.2) is 11.5 Å². The third kappa shape index (κ3) is 8.11. The van der Waals surface area contributed by atoms with Crippen LogP contribution in [0.2, 0.25) is 5.02 Å². The summed E-state index contributed by atoms with van der Waals surface area (Å²) in [5.41, 5.74) is 0.841. The van der Waals surface area contributed by atoms with E-state index in [-0.39, 0.29) is 39.6 Å². The fourth-order valence-electron chi connectivity index (χ4n) is 4.54. The molecule has 0 heterocycles. The lowest BCUT2D eigenvalue weighted by molar-refractivity contribution is -0.140. The number of hydrogen-bond donors (Lipinski definition) is 1. The molecule has 10 nitrogen and oxygen atoms in total. The highest BCUT2D eigenvalue weighted by molar-refractivity contribution is 7.92. The Morgan fingerprint density at radius 3 is 2.14 bits per heavy atom. The van der Waals surface area contributed by atoms with Crippen molar-refractivity contribution >= 4 is 39.1 Å². The summed E-state index contributed by atoms with van der Waals surface area (Å²) in [6.07, 6.45) is 1.04. The Kier molecular flexibility index (Phi) is 12.1. The molecular weight excluding hydrogens is 594 g/mol. The number of halogens is 1. The zero-order valence-electron chi connectivity index (χ0n) is 25.0. The van der Waals surface area contributed by atoms with Gasteiger partial charge in [-0.05, 0) is 48.7 Å². The van der Waals surface area contributed by atoms with E-state index in [1.807, 2.05) is 37.3 Å². The molecule has 0 saturated carbocycles. The van der Waals surface area contributed by atoms with Gasteiger partial charge in [0.2, 0.25) is 11.8 Å². The predicted molar refractivity (Wildman–Crippen MR) is 166 cm³/mol. The molecule has 0 aromatic heterocycles. The molecule has 0 saturated heterocycles. The first-order valence-electron chi connectivity index (χ1n) is 13.8. The van der Waals surface area contributed by atoms with E-state index in [0.717, 1.165) is 16.3 Å². The number of benzene rings is 3. The van der Waals surface area contributed by atoms with Crippen LogP contribution in [0.3, 0.4) is 0 Å². The molecule has 0 bridgehead atoms. The second-order valence-corrected chi connectivity index (χ2v) is 11.9. The zero-order chi connectivity index (χ0) is 31.6. The first kappa shape index (κ1) is 33.5. The number of ether oxygens (including phenoxy) is 3. The van der Waals surface area contributed by atoms with E-state index in [1.165, 1.54) is 56.6 Å². The molecule has 1 atom stereocenters. The van der Waals surface area contributed by atoms with Crippen LogP contribution in [-0.2, 0) is 26.2 Å². The Balaban J connectivity index is 2.15. The summed E-state index contributed by atoms with van der Waals surface area (Å²) in [5, 5.41) is 3.11. The van der Waals surface area contributed by atoms with Crippen molar-refractivity contribution in [2.45, 2.75) is 44.2 Å². The molecule has 2 amide bonds. The van der Waals surface area contributed by atoms with Crippen LogP contribution in [-0.4, -0.2) is 65.6 Å². The Labute approximate surface area is 258 Å². The normalized spacial score (nSPS) is 11.8. The van der Waals surface area contributed by atoms with Gasteiger partial charge in [-0.2, -0.15) is 0 Å². The first-order valence-corrected chi connectivity index (χ1v) is 15.6. The van der Waals surface area contributed by atoms with E-state index in [4.69, 9.17) is 25.8 Å². The van der Waals surface area contributed by atoms with Crippen LogP contribution in [0, 0.1) is 0 Å². The standard InChI is InChI=1S/C31H38ClN3O7S/c1-6-17-33-31(37)25(7-2)34(20-22-11-9-8-10-12-22)30(36)21-35(26-18-23(32)13-15-27(26)40-3)43(38,39)24-14-16-28(41-4)29(19-24)42-5/h8-16,18-19,25H,6-7,17,20-21H2,1-5H3,(H,33,37)/t25-/m0/s1. The largest absolute Gasteiger partial charge is 0.495 e. The molecule has 0 spiro atoms. The average Bonchev–Trinajstić information content (AvgIpc) is 3.02. The van der Waals surface area contributed by atoms with Crippen molar-refractivity contribution in [3.63, 3.8) is 0 Å². The van der Waals surface area contributed by atoms with E-state index in [0.29, 0.717) is 18.7 Å². The molecule has 0 fully saturated rings. The fourth-order valence-corrected chi connectivity index (χ4v) is 6.14. The number of sulfonamides is 1. The van der Waals surface area contributed by atoms with Crippen molar-refractivity contribution in [2.24, 2.45) is 0 Å². The molecule has 12 heteroatoms. The number of nitrogens with one attached hydrogen (secondary N) is 1. The van der Waals surface area contributed by atoms with Crippen LogP contribution >= 0.6 is 11.6 Å². The van der Waals surface area contributed by atoms with Gasteiger partial charge < -0.3 is 24.4 Å². The van der Waals surface area contributed by atoms with Crippen LogP contribution in [0.1, 0.15) is 32.3 Å². The number of nitrogens with zero attached hydrogens (tertiary/aromatic N) is 2. The van der Waals surface area contributed by atoms with E-state index < -0.39 is 28.5 Å². The van der Waals surface area contributed by atoms with Gasteiger partial charge in [0.25, 0.3) is 10.0 Å². The molecule has 0 aliphatic rings. The van der Waals surface area contributed by atoms with Crippen LogP contribution < -0.4 is 23.8 Å². The van der Waals surface area contributed by atoms with E-state index in [1.54, 1.807) is 13.0 Å². The number of carbonyl (C=O) groups excluding carboxylic acids is 2. The molecule has 3 aromatic rings. The lowest BCUT2D eigenvalue weighted by atomic mass is 10.1. The number of hydrogen-bond acceptors (Lipinski definition) is 7. The van der Waals surface area contributed by atoms with Crippen molar-refractivity contribution in [3.8, 4) is 17.2 Å². The van der Waals surface area contributed by atoms with Crippen LogP contribution in [0.5, 0.6) is 17.2 Å². The molecule has 0 unspecified atom stereocenters. The maximum atomic E-state index is 14.3. The average molecular weight is 632 g/mol. The lowest BCUT2D eigenvalue weighted by Gasteiger charge is -2.33. The molecule has 1 N–H and O–H groups in total. The molecule has 232 valence electrons. The van der Waals surface area contributed by atoms with Crippen LogP contribution in [0.15, 0.2) is 71.6 Å². The van der Waals surface area contributed by atoms with Gasteiger partial charge in [-0.25, -0.2) is 8.42 Å². The number of rotatable bonds is 15. The van der Waals surface area contributed by atoms with Crippen molar-refractivity contribution < 1.29 is 32.2 Å². The molecular formula is C31H38ClN3O7S. The highest BCUT2D eigenvalue weighted by Gasteiger charge is 2.35. The molecule has 3 rings (SSSR count). The van der Waals surface area contributed by atoms with Gasteiger partial charge in [0, 0.05) is 24.2 Å². The van der Waals surface area contributed by atoms with Gasteiger partial charge in [-0.3, -0.25) is 13.9 Å². The second-order valence-electron chi connectivity index (χ2n) is 9.57. The summed E-state index contributed by atoms with van der Waals surface area (Å²) in [6.45, 7) is 3.64. The van der Waals surface area contributed by atoms with Gasteiger partial charge in [0.1, 0.15) is 18.3 Å². The summed E-state index contributed by atoms with van der Waals surface area (Å²) >= 11 is 6.31. The third-order valence-electron chi connectivity index (χ3n) is 6.76. The summed E-state index contributed by atoms with van der Waals surface area (Å²) in [6, 6.07) is 17.0. The lowest BCUT2D eigenvalue weighted by Crippen LogP contribution is -2.52. The molecule has 0 radical (unpaired) electrons. The van der Waals surface area contributed by atoms with Gasteiger partial charge in [-0.1, -0.05) is 55.8 Å². The summed E-state index contributed by atoms with van der Waals surface area (Å²) in [4.78, 5) is 28.7. The maximum absolute atomic E-state index is 14.3. The molecule has 43 heavy (non-hydrogen) atoms. The Morgan fingerprint density at radius 1 is 0.884 bits per heavy atom. The Hall–Kier alpha value is -3.96. The van der Waals surface area contributed by atoms with Gasteiger partial charge >= 0.3 is 0 Å². The van der Waals surface area contributed by atoms with E-state index >= 15 is 0 Å². The number of amides is 2. The molecule has 0 aliphatic heterocycles. The minimum absolute atomic E-state index is 0.0567. The quantitative estimate of drug-likeness (QED) is 0.254. The highest BCUT2D eigenvalue weighted by atomic mass is 35.5. The summed E-state index contributed by atoms with van der Waals surface area (Å²) < 4.78 is 45.6. The minimum Gasteiger partial charge on any atom is -0.495 e. The number of methoxy groups -OCH3 is 3. The first-order chi connectivity index (χ1) is 20.6. The van der Waals surface area contributed by atoms with Crippen molar-refractivity contribution in [3.05, 3.63) is 77.3 Å². The topological polar surface area (TPSA) is 114 Å².